The Morgan fingerprint density at radius 1 is 1.31 bits per heavy atom. The first-order valence-electron chi connectivity index (χ1n) is 5.15. The summed E-state index contributed by atoms with van der Waals surface area (Å²) in [6, 6.07) is 8.38. The number of hydrogen-bond donors (Lipinski definition) is 1. The molecule has 0 saturated carbocycles. The van der Waals surface area contributed by atoms with Gasteiger partial charge in [-0.15, -0.1) is 11.3 Å². The number of aryl methyl sites for hydroxylation is 1. The molecule has 0 aliphatic rings. The Bertz CT molecular complexity index is 504. The molecular formula is C13H14BrNS. The maximum Gasteiger partial charge on any atom is 0.0649 e. The Hall–Kier alpha value is -0.640. The molecule has 2 rings (SSSR count). The summed E-state index contributed by atoms with van der Waals surface area (Å²) in [5, 5.41) is 2.07. The van der Waals surface area contributed by atoms with Gasteiger partial charge in [-0.2, -0.15) is 0 Å². The smallest absolute Gasteiger partial charge is 0.0649 e. The quantitative estimate of drug-likeness (QED) is 0.884. The summed E-state index contributed by atoms with van der Waals surface area (Å²) >= 11 is 5.16. The fraction of sp³-hybridized carbons (Fsp3) is 0.231. The van der Waals surface area contributed by atoms with Gasteiger partial charge in [-0.25, -0.2) is 0 Å². The van der Waals surface area contributed by atoms with Gasteiger partial charge in [0, 0.05) is 14.7 Å². The van der Waals surface area contributed by atoms with Gasteiger partial charge in [0.2, 0.25) is 0 Å². The van der Waals surface area contributed by atoms with Gasteiger partial charge in [0.05, 0.1) is 6.04 Å². The molecule has 16 heavy (non-hydrogen) atoms. The van der Waals surface area contributed by atoms with Crippen LogP contribution in [0.15, 0.2) is 34.1 Å². The number of hydrogen-bond acceptors (Lipinski definition) is 2. The van der Waals surface area contributed by atoms with E-state index in [-0.39, 0.29) is 6.04 Å². The molecule has 0 aliphatic heterocycles. The maximum atomic E-state index is 6.29. The second kappa shape index (κ2) is 4.70. The van der Waals surface area contributed by atoms with Crippen molar-refractivity contribution in [2.45, 2.75) is 19.9 Å². The van der Waals surface area contributed by atoms with E-state index in [0.717, 1.165) is 4.47 Å². The van der Waals surface area contributed by atoms with Crippen LogP contribution in [0.5, 0.6) is 0 Å². The van der Waals surface area contributed by atoms with Gasteiger partial charge in [-0.3, -0.25) is 0 Å². The molecule has 0 aliphatic carbocycles. The lowest BCUT2D eigenvalue weighted by Crippen LogP contribution is -2.12. The van der Waals surface area contributed by atoms with Gasteiger partial charge in [-0.05, 0) is 52.5 Å². The van der Waals surface area contributed by atoms with E-state index in [0.29, 0.717) is 0 Å². The Kier molecular flexibility index (Phi) is 3.47. The van der Waals surface area contributed by atoms with Crippen LogP contribution in [0.4, 0.5) is 0 Å². The Morgan fingerprint density at radius 3 is 2.69 bits per heavy atom. The molecule has 0 bridgehead atoms. The molecule has 84 valence electrons. The van der Waals surface area contributed by atoms with E-state index < -0.39 is 0 Å². The summed E-state index contributed by atoms with van der Waals surface area (Å²) in [6.07, 6.45) is 0. The molecule has 3 heteroatoms. The summed E-state index contributed by atoms with van der Waals surface area (Å²) in [5.41, 5.74) is 10.1. The zero-order valence-corrected chi connectivity index (χ0v) is 11.7. The summed E-state index contributed by atoms with van der Waals surface area (Å²) in [7, 11) is 0. The van der Waals surface area contributed by atoms with E-state index in [1.54, 1.807) is 11.3 Å². The van der Waals surface area contributed by atoms with Crippen molar-refractivity contribution in [2.75, 3.05) is 0 Å². The van der Waals surface area contributed by atoms with Crippen LogP contribution in [0.2, 0.25) is 0 Å². The molecule has 1 heterocycles. The highest BCUT2D eigenvalue weighted by Crippen LogP contribution is 2.30. The van der Waals surface area contributed by atoms with Gasteiger partial charge in [0.1, 0.15) is 0 Å². The lowest BCUT2D eigenvalue weighted by molar-refractivity contribution is 0.879. The van der Waals surface area contributed by atoms with Crippen molar-refractivity contribution in [2.24, 2.45) is 5.73 Å². The van der Waals surface area contributed by atoms with Crippen LogP contribution in [0, 0.1) is 13.8 Å². The first kappa shape index (κ1) is 11.8. The van der Waals surface area contributed by atoms with Crippen LogP contribution in [-0.4, -0.2) is 0 Å². The van der Waals surface area contributed by atoms with Crippen LogP contribution in [-0.2, 0) is 0 Å². The van der Waals surface area contributed by atoms with E-state index in [1.165, 1.54) is 21.6 Å². The van der Waals surface area contributed by atoms with E-state index in [1.807, 2.05) is 0 Å². The monoisotopic (exact) mass is 295 g/mol. The maximum absolute atomic E-state index is 6.29. The van der Waals surface area contributed by atoms with Crippen molar-refractivity contribution in [3.63, 3.8) is 0 Å². The molecule has 0 spiro atoms. The summed E-state index contributed by atoms with van der Waals surface area (Å²) in [4.78, 5) is 1.19. The Balaban J connectivity index is 2.41. The van der Waals surface area contributed by atoms with Gasteiger partial charge in [0.25, 0.3) is 0 Å². The topological polar surface area (TPSA) is 26.0 Å². The number of thiophene rings is 1. The second-order valence-corrected chi connectivity index (χ2v) is 5.79. The van der Waals surface area contributed by atoms with Crippen LogP contribution in [0.3, 0.4) is 0 Å². The molecule has 0 fully saturated rings. The normalized spacial score (nSPS) is 12.8. The number of rotatable bonds is 2. The van der Waals surface area contributed by atoms with Crippen LogP contribution >= 0.6 is 27.3 Å². The third kappa shape index (κ3) is 2.21. The van der Waals surface area contributed by atoms with Gasteiger partial charge >= 0.3 is 0 Å². The number of benzene rings is 1. The van der Waals surface area contributed by atoms with E-state index >= 15 is 0 Å². The zero-order valence-electron chi connectivity index (χ0n) is 9.33. The first-order valence-corrected chi connectivity index (χ1v) is 6.82. The first-order chi connectivity index (χ1) is 7.59. The Morgan fingerprint density at radius 2 is 2.06 bits per heavy atom. The number of halogens is 1. The van der Waals surface area contributed by atoms with E-state index in [4.69, 9.17) is 5.73 Å². The third-order valence-corrected chi connectivity index (χ3v) is 4.65. The molecule has 1 aromatic carbocycles. The highest BCUT2D eigenvalue weighted by Gasteiger charge is 2.13. The lowest BCUT2D eigenvalue weighted by Gasteiger charge is -2.14. The summed E-state index contributed by atoms with van der Waals surface area (Å²) < 4.78 is 1.10. The van der Waals surface area contributed by atoms with Gasteiger partial charge in [0.15, 0.2) is 0 Å². The SMILES string of the molecule is Cc1cccc(C(N)c2cc(Br)cs2)c1C. The number of nitrogens with two attached hydrogens (primary N) is 1. The van der Waals surface area contributed by atoms with Crippen molar-refractivity contribution in [3.05, 3.63) is 55.7 Å². The highest BCUT2D eigenvalue weighted by molar-refractivity contribution is 9.10. The van der Waals surface area contributed by atoms with Crippen molar-refractivity contribution in [3.8, 4) is 0 Å². The zero-order chi connectivity index (χ0) is 11.7. The van der Waals surface area contributed by atoms with E-state index in [2.05, 4.69) is 59.4 Å². The summed E-state index contributed by atoms with van der Waals surface area (Å²) in [5.74, 6) is 0. The van der Waals surface area contributed by atoms with Gasteiger partial charge < -0.3 is 5.73 Å². The standard InChI is InChI=1S/C13H14BrNS/c1-8-4-3-5-11(9(8)2)13(15)12-6-10(14)7-16-12/h3-7,13H,15H2,1-2H3. The molecule has 2 aromatic rings. The van der Waals surface area contributed by atoms with Crippen molar-refractivity contribution in [1.29, 1.82) is 0 Å². The molecule has 2 N–H and O–H groups in total. The fourth-order valence-corrected chi connectivity index (χ4v) is 3.22. The summed E-state index contributed by atoms with van der Waals surface area (Å²) in [6.45, 7) is 4.25. The van der Waals surface area contributed by atoms with Crippen molar-refractivity contribution >= 4 is 27.3 Å². The highest BCUT2D eigenvalue weighted by atomic mass is 79.9. The predicted octanol–water partition coefficient (Wildman–Crippen LogP) is 4.18. The molecule has 0 amide bonds. The minimum absolute atomic E-state index is 0.0174. The molecule has 1 nitrogen and oxygen atoms in total. The average molecular weight is 296 g/mol. The predicted molar refractivity (Wildman–Crippen MR) is 74.0 cm³/mol. The molecule has 1 unspecified atom stereocenters. The van der Waals surface area contributed by atoms with Crippen molar-refractivity contribution < 1.29 is 0 Å². The minimum Gasteiger partial charge on any atom is -0.320 e. The Labute approximate surface area is 108 Å². The van der Waals surface area contributed by atoms with Crippen molar-refractivity contribution in [1.82, 2.24) is 0 Å². The largest absolute Gasteiger partial charge is 0.320 e. The lowest BCUT2D eigenvalue weighted by atomic mass is 9.97. The fourth-order valence-electron chi connectivity index (χ4n) is 1.76. The average Bonchev–Trinajstić information content (AvgIpc) is 2.68. The molecule has 1 aromatic heterocycles. The second-order valence-electron chi connectivity index (χ2n) is 3.93. The molecular weight excluding hydrogens is 282 g/mol. The molecule has 1 atom stereocenters. The van der Waals surface area contributed by atoms with Crippen LogP contribution in [0.25, 0.3) is 0 Å². The van der Waals surface area contributed by atoms with Gasteiger partial charge in [-0.1, -0.05) is 18.2 Å². The van der Waals surface area contributed by atoms with Crippen LogP contribution in [0.1, 0.15) is 27.6 Å². The van der Waals surface area contributed by atoms with E-state index in [9.17, 15) is 0 Å². The minimum atomic E-state index is -0.0174. The third-order valence-electron chi connectivity index (χ3n) is 2.88. The van der Waals surface area contributed by atoms with Crippen LogP contribution < -0.4 is 5.73 Å². The molecule has 0 saturated heterocycles. The molecule has 0 radical (unpaired) electrons.